The lowest BCUT2D eigenvalue weighted by Gasteiger charge is -2.27. The van der Waals surface area contributed by atoms with Crippen molar-refractivity contribution < 1.29 is 14.3 Å². The van der Waals surface area contributed by atoms with Crippen molar-refractivity contribution in [1.29, 1.82) is 0 Å². The normalized spacial score (nSPS) is 10.7. The molecular formula is C22H30N2O3S. The van der Waals surface area contributed by atoms with E-state index >= 15 is 0 Å². The Morgan fingerprint density at radius 2 is 1.82 bits per heavy atom. The third-order valence-electron chi connectivity index (χ3n) is 4.56. The fourth-order valence-corrected chi connectivity index (χ4v) is 3.81. The molecular weight excluding hydrogens is 372 g/mol. The molecule has 0 bridgehead atoms. The second-order valence-electron chi connectivity index (χ2n) is 6.75. The number of aryl methyl sites for hydroxylation is 1. The number of carbonyl (C=O) groups is 2. The number of nitrogens with zero attached hydrogens (tertiary/aromatic N) is 2. The van der Waals surface area contributed by atoms with E-state index in [4.69, 9.17) is 4.74 Å². The average molecular weight is 403 g/mol. The molecule has 6 heteroatoms. The molecule has 1 aromatic carbocycles. The fraction of sp³-hybridized carbons (Fsp3) is 0.455. The van der Waals surface area contributed by atoms with Crippen LogP contribution in [0.5, 0.6) is 0 Å². The van der Waals surface area contributed by atoms with Crippen molar-refractivity contribution in [3.05, 3.63) is 57.8 Å². The van der Waals surface area contributed by atoms with Crippen molar-refractivity contribution in [2.75, 3.05) is 26.3 Å². The van der Waals surface area contributed by atoms with Gasteiger partial charge in [-0.3, -0.25) is 9.59 Å². The lowest BCUT2D eigenvalue weighted by atomic mass is 10.2. The lowest BCUT2D eigenvalue weighted by molar-refractivity contribution is -0.140. The fourth-order valence-electron chi connectivity index (χ4n) is 2.89. The summed E-state index contributed by atoms with van der Waals surface area (Å²) in [6.45, 7) is 8.48. The van der Waals surface area contributed by atoms with Gasteiger partial charge in [0.05, 0.1) is 13.1 Å². The van der Waals surface area contributed by atoms with Crippen molar-refractivity contribution in [1.82, 2.24) is 9.80 Å². The number of amides is 2. The predicted octanol–water partition coefficient (Wildman–Crippen LogP) is 3.86. The van der Waals surface area contributed by atoms with Gasteiger partial charge < -0.3 is 14.5 Å². The SMILES string of the molecule is CCOCCCN(CC(=O)N(Cc1ccccc1)Cc1sccc1C)C(C)=O. The van der Waals surface area contributed by atoms with E-state index in [-0.39, 0.29) is 18.4 Å². The average Bonchev–Trinajstić information content (AvgIpc) is 3.09. The number of thiophene rings is 1. The predicted molar refractivity (Wildman–Crippen MR) is 113 cm³/mol. The van der Waals surface area contributed by atoms with Gasteiger partial charge in [0.15, 0.2) is 0 Å². The highest BCUT2D eigenvalue weighted by atomic mass is 32.1. The van der Waals surface area contributed by atoms with E-state index in [1.165, 1.54) is 17.4 Å². The molecule has 1 aromatic heterocycles. The van der Waals surface area contributed by atoms with Crippen molar-refractivity contribution in [3.8, 4) is 0 Å². The van der Waals surface area contributed by atoms with Crippen LogP contribution in [0.1, 0.15) is 36.3 Å². The van der Waals surface area contributed by atoms with Gasteiger partial charge in [0, 0.05) is 38.1 Å². The molecule has 152 valence electrons. The van der Waals surface area contributed by atoms with E-state index in [1.807, 2.05) is 47.5 Å². The van der Waals surface area contributed by atoms with Gasteiger partial charge in [-0.05, 0) is 42.8 Å². The molecule has 5 nitrogen and oxygen atoms in total. The summed E-state index contributed by atoms with van der Waals surface area (Å²) in [4.78, 5) is 29.7. The Balaban J connectivity index is 2.07. The van der Waals surface area contributed by atoms with E-state index in [2.05, 4.69) is 13.0 Å². The molecule has 0 aliphatic rings. The molecule has 0 spiro atoms. The van der Waals surface area contributed by atoms with Crippen LogP contribution in [0.3, 0.4) is 0 Å². The molecule has 0 aliphatic carbocycles. The molecule has 0 atom stereocenters. The van der Waals surface area contributed by atoms with E-state index in [0.29, 0.717) is 32.8 Å². The zero-order valence-electron chi connectivity index (χ0n) is 17.0. The topological polar surface area (TPSA) is 49.9 Å². The van der Waals surface area contributed by atoms with Crippen LogP contribution in [-0.4, -0.2) is 47.9 Å². The highest BCUT2D eigenvalue weighted by molar-refractivity contribution is 7.10. The van der Waals surface area contributed by atoms with Gasteiger partial charge in [0.1, 0.15) is 0 Å². The first-order valence-electron chi connectivity index (χ1n) is 9.69. The van der Waals surface area contributed by atoms with Crippen LogP contribution in [0.4, 0.5) is 0 Å². The Bertz CT molecular complexity index is 745. The molecule has 0 saturated carbocycles. The molecule has 2 amide bonds. The molecule has 2 aromatic rings. The van der Waals surface area contributed by atoms with Gasteiger partial charge in [-0.2, -0.15) is 0 Å². The Morgan fingerprint density at radius 3 is 2.43 bits per heavy atom. The molecule has 0 unspecified atom stereocenters. The van der Waals surface area contributed by atoms with Crippen LogP contribution in [0, 0.1) is 6.92 Å². The minimum absolute atomic E-state index is 0.0386. The standard InChI is InChI=1S/C22H30N2O3S/c1-4-27-13-8-12-23(19(3)25)17-22(26)24(15-20-9-6-5-7-10-20)16-21-18(2)11-14-28-21/h5-7,9-11,14H,4,8,12-13,15-17H2,1-3H3. The molecule has 0 radical (unpaired) electrons. The van der Waals surface area contributed by atoms with Crippen LogP contribution in [0.25, 0.3) is 0 Å². The minimum atomic E-state index is -0.0863. The molecule has 1 heterocycles. The highest BCUT2D eigenvalue weighted by Crippen LogP contribution is 2.19. The monoisotopic (exact) mass is 402 g/mol. The first kappa shape index (κ1) is 22.1. The van der Waals surface area contributed by atoms with Gasteiger partial charge in [-0.15, -0.1) is 11.3 Å². The number of benzene rings is 1. The largest absolute Gasteiger partial charge is 0.382 e. The van der Waals surface area contributed by atoms with Crippen LogP contribution in [-0.2, 0) is 27.4 Å². The van der Waals surface area contributed by atoms with Crippen LogP contribution < -0.4 is 0 Å². The Hall–Kier alpha value is -2.18. The van der Waals surface area contributed by atoms with Crippen LogP contribution in [0.2, 0.25) is 0 Å². The first-order chi connectivity index (χ1) is 13.5. The minimum Gasteiger partial charge on any atom is -0.382 e. The van der Waals surface area contributed by atoms with Gasteiger partial charge in [-0.25, -0.2) is 0 Å². The maximum Gasteiger partial charge on any atom is 0.242 e. The number of ether oxygens (including phenoxy) is 1. The summed E-state index contributed by atoms with van der Waals surface area (Å²) in [6, 6.07) is 12.0. The third-order valence-corrected chi connectivity index (χ3v) is 5.57. The number of hydrogen-bond acceptors (Lipinski definition) is 4. The second kappa shape index (κ2) is 11.6. The van der Waals surface area contributed by atoms with Gasteiger partial charge >= 0.3 is 0 Å². The quantitative estimate of drug-likeness (QED) is 0.536. The number of carbonyl (C=O) groups excluding carboxylic acids is 2. The second-order valence-corrected chi connectivity index (χ2v) is 7.75. The zero-order chi connectivity index (χ0) is 20.4. The lowest BCUT2D eigenvalue weighted by Crippen LogP contribution is -2.42. The molecule has 28 heavy (non-hydrogen) atoms. The van der Waals surface area contributed by atoms with Gasteiger partial charge in [-0.1, -0.05) is 30.3 Å². The van der Waals surface area contributed by atoms with Gasteiger partial charge in [0.2, 0.25) is 11.8 Å². The summed E-state index contributed by atoms with van der Waals surface area (Å²) in [5.41, 5.74) is 2.27. The number of rotatable bonds is 11. The van der Waals surface area contributed by atoms with Crippen molar-refractivity contribution >= 4 is 23.2 Å². The third kappa shape index (κ3) is 7.09. The summed E-state index contributed by atoms with van der Waals surface area (Å²) in [6.07, 6.45) is 0.726. The summed E-state index contributed by atoms with van der Waals surface area (Å²) in [5.74, 6) is -0.125. The van der Waals surface area contributed by atoms with Gasteiger partial charge in [0.25, 0.3) is 0 Å². The van der Waals surface area contributed by atoms with Crippen molar-refractivity contribution in [2.45, 2.75) is 40.3 Å². The Kier molecular flexibility index (Phi) is 9.17. The summed E-state index contributed by atoms with van der Waals surface area (Å²) in [5, 5.41) is 2.05. The summed E-state index contributed by atoms with van der Waals surface area (Å²) in [7, 11) is 0. The summed E-state index contributed by atoms with van der Waals surface area (Å²) >= 11 is 1.66. The molecule has 0 fully saturated rings. The Labute approximate surface area is 171 Å². The molecule has 0 saturated heterocycles. The van der Waals surface area contributed by atoms with E-state index in [9.17, 15) is 9.59 Å². The highest BCUT2D eigenvalue weighted by Gasteiger charge is 2.20. The summed E-state index contributed by atoms with van der Waals surface area (Å²) < 4.78 is 5.35. The zero-order valence-corrected chi connectivity index (χ0v) is 17.8. The van der Waals surface area contributed by atoms with E-state index in [1.54, 1.807) is 16.2 Å². The smallest absolute Gasteiger partial charge is 0.242 e. The van der Waals surface area contributed by atoms with Crippen LogP contribution >= 0.6 is 11.3 Å². The first-order valence-corrected chi connectivity index (χ1v) is 10.6. The maximum atomic E-state index is 13.1. The van der Waals surface area contributed by atoms with Crippen LogP contribution in [0.15, 0.2) is 41.8 Å². The van der Waals surface area contributed by atoms with Crippen molar-refractivity contribution in [2.24, 2.45) is 0 Å². The number of hydrogen-bond donors (Lipinski definition) is 0. The van der Waals surface area contributed by atoms with Crippen molar-refractivity contribution in [3.63, 3.8) is 0 Å². The molecule has 0 N–H and O–H groups in total. The molecule has 2 rings (SSSR count). The van der Waals surface area contributed by atoms with E-state index in [0.717, 1.165) is 12.0 Å². The van der Waals surface area contributed by atoms with E-state index < -0.39 is 0 Å². The Morgan fingerprint density at radius 1 is 1.07 bits per heavy atom. The molecule has 0 aliphatic heterocycles. The maximum absolute atomic E-state index is 13.1.